The van der Waals surface area contributed by atoms with Gasteiger partial charge in [0.25, 0.3) is 6.43 Å². The highest BCUT2D eigenvalue weighted by Crippen LogP contribution is 2.48. The van der Waals surface area contributed by atoms with Gasteiger partial charge in [0.2, 0.25) is 0 Å². The molecule has 0 aromatic heterocycles. The largest absolute Gasteiger partial charge is 0.297 e. The van der Waals surface area contributed by atoms with E-state index in [0.717, 1.165) is 19.6 Å². The van der Waals surface area contributed by atoms with E-state index in [1.165, 1.54) is 0 Å². The van der Waals surface area contributed by atoms with E-state index in [4.69, 9.17) is 0 Å². The zero-order chi connectivity index (χ0) is 14.6. The number of hydrogen-bond donors (Lipinski definition) is 0. The highest BCUT2D eigenvalue weighted by atomic mass is 19.3. The third-order valence-electron chi connectivity index (χ3n) is 4.70. The second kappa shape index (κ2) is 4.39. The summed E-state index contributed by atoms with van der Waals surface area (Å²) in [6.45, 7) is 15.5. The van der Waals surface area contributed by atoms with Gasteiger partial charge in [-0.15, -0.1) is 0 Å². The van der Waals surface area contributed by atoms with E-state index in [-0.39, 0.29) is 16.5 Å². The molecule has 0 bridgehead atoms. The minimum atomic E-state index is -2.23. The van der Waals surface area contributed by atoms with Gasteiger partial charge >= 0.3 is 0 Å². The Kier molecular flexibility index (Phi) is 3.50. The van der Waals surface area contributed by atoms with Gasteiger partial charge in [-0.25, -0.2) is 8.78 Å². The van der Waals surface area contributed by atoms with Crippen molar-refractivity contribution < 1.29 is 8.78 Å². The van der Waals surface area contributed by atoms with Gasteiger partial charge < -0.3 is 0 Å². The van der Waals surface area contributed by atoms with E-state index >= 15 is 0 Å². The summed E-state index contributed by atoms with van der Waals surface area (Å²) >= 11 is 0. The summed E-state index contributed by atoms with van der Waals surface area (Å²) in [6, 6.07) is -0.567. The Morgan fingerprint density at radius 2 is 1.47 bits per heavy atom. The van der Waals surface area contributed by atoms with Crippen LogP contribution in [0.25, 0.3) is 0 Å². The molecule has 0 amide bonds. The van der Waals surface area contributed by atoms with Crippen molar-refractivity contribution in [1.29, 1.82) is 0 Å². The molecule has 0 unspecified atom stereocenters. The van der Waals surface area contributed by atoms with E-state index in [1.807, 2.05) is 25.7 Å². The van der Waals surface area contributed by atoms with Crippen LogP contribution in [0.5, 0.6) is 0 Å². The third kappa shape index (κ3) is 2.80. The predicted molar refractivity (Wildman–Crippen MR) is 74.6 cm³/mol. The summed E-state index contributed by atoms with van der Waals surface area (Å²) in [6.07, 6.45) is -1.59. The molecule has 2 aliphatic rings. The van der Waals surface area contributed by atoms with Gasteiger partial charge in [-0.3, -0.25) is 9.80 Å². The molecular formula is C15H28F2N2. The lowest BCUT2D eigenvalue weighted by molar-refractivity contribution is -0.0558. The van der Waals surface area contributed by atoms with Crippen molar-refractivity contribution in [2.45, 2.75) is 71.5 Å². The fourth-order valence-corrected chi connectivity index (χ4v) is 3.52. The first-order valence-electron chi connectivity index (χ1n) is 7.25. The number of rotatable bonds is 1. The van der Waals surface area contributed by atoms with Gasteiger partial charge in [0, 0.05) is 36.1 Å². The summed E-state index contributed by atoms with van der Waals surface area (Å²) in [4.78, 5) is 4.43. The van der Waals surface area contributed by atoms with Gasteiger partial charge in [-0.1, -0.05) is 0 Å². The lowest BCUT2D eigenvalue weighted by Crippen LogP contribution is -2.63. The molecule has 2 rings (SSSR count). The molecule has 0 N–H and O–H groups in total. The quantitative estimate of drug-likeness (QED) is 0.724. The molecule has 2 fully saturated rings. The first kappa shape index (κ1) is 15.2. The number of likely N-dealkylation sites (tertiary alicyclic amines) is 2. The predicted octanol–water partition coefficient (Wildman–Crippen LogP) is 3.22. The van der Waals surface area contributed by atoms with E-state index < -0.39 is 12.5 Å². The van der Waals surface area contributed by atoms with Crippen LogP contribution in [0.15, 0.2) is 0 Å². The van der Waals surface area contributed by atoms with Crippen LogP contribution in [0.2, 0.25) is 0 Å². The molecular weight excluding hydrogens is 246 g/mol. The van der Waals surface area contributed by atoms with Crippen LogP contribution in [-0.2, 0) is 0 Å². The van der Waals surface area contributed by atoms with Crippen LogP contribution in [-0.4, -0.2) is 53.0 Å². The van der Waals surface area contributed by atoms with Crippen molar-refractivity contribution >= 4 is 0 Å². The smallest absolute Gasteiger partial charge is 0.253 e. The summed E-state index contributed by atoms with van der Waals surface area (Å²) in [7, 11) is 0. The zero-order valence-corrected chi connectivity index (χ0v) is 13.1. The molecule has 2 nitrogen and oxygen atoms in total. The maximum Gasteiger partial charge on any atom is 0.253 e. The van der Waals surface area contributed by atoms with Crippen molar-refractivity contribution in [3.05, 3.63) is 0 Å². The Morgan fingerprint density at radius 3 is 1.79 bits per heavy atom. The molecule has 0 radical (unpaired) electrons. The molecule has 0 aromatic rings. The van der Waals surface area contributed by atoms with Gasteiger partial charge in [0.15, 0.2) is 0 Å². The van der Waals surface area contributed by atoms with E-state index in [1.54, 1.807) is 0 Å². The zero-order valence-electron chi connectivity index (χ0n) is 13.1. The van der Waals surface area contributed by atoms with Gasteiger partial charge in [-0.2, -0.15) is 0 Å². The Labute approximate surface area is 116 Å². The summed E-state index contributed by atoms with van der Waals surface area (Å²) in [5, 5.41) is 0. The fraction of sp³-hybridized carbons (Fsp3) is 1.00. The standard InChI is InChI=1S/C15H28F2N2/c1-13(2,3)18-8-15(9-18)7-11(12(16)17)19(10-15)14(4,5)6/h11-12H,7-10H2,1-6H3/t11-/m0/s1. The summed E-state index contributed by atoms with van der Waals surface area (Å²) in [5.41, 5.74) is 0.0785. The van der Waals surface area contributed by atoms with E-state index in [2.05, 4.69) is 25.7 Å². The number of hydrogen-bond acceptors (Lipinski definition) is 2. The molecule has 2 saturated heterocycles. The van der Waals surface area contributed by atoms with Crippen molar-refractivity contribution in [2.24, 2.45) is 5.41 Å². The van der Waals surface area contributed by atoms with Crippen molar-refractivity contribution in [3.8, 4) is 0 Å². The first-order chi connectivity index (χ1) is 8.45. The number of halogens is 2. The highest BCUT2D eigenvalue weighted by molar-refractivity contribution is 5.09. The van der Waals surface area contributed by atoms with Gasteiger partial charge in [-0.05, 0) is 48.0 Å². The Hall–Kier alpha value is -0.220. The second-order valence-electron chi connectivity index (χ2n) is 8.43. The van der Waals surface area contributed by atoms with Crippen molar-refractivity contribution in [1.82, 2.24) is 9.80 Å². The average Bonchev–Trinajstić information content (AvgIpc) is 2.52. The monoisotopic (exact) mass is 274 g/mol. The van der Waals surface area contributed by atoms with Gasteiger partial charge in [0.1, 0.15) is 0 Å². The third-order valence-corrected chi connectivity index (χ3v) is 4.70. The highest BCUT2D eigenvalue weighted by Gasteiger charge is 2.56. The minimum absolute atomic E-state index is 0.0989. The van der Waals surface area contributed by atoms with Gasteiger partial charge in [0.05, 0.1) is 6.04 Å². The molecule has 1 spiro atoms. The summed E-state index contributed by atoms with van der Waals surface area (Å²) in [5.74, 6) is 0. The maximum atomic E-state index is 13.3. The minimum Gasteiger partial charge on any atom is -0.297 e. The van der Waals surface area contributed by atoms with E-state index in [0.29, 0.717) is 6.42 Å². The van der Waals surface area contributed by atoms with Crippen LogP contribution in [0.1, 0.15) is 48.0 Å². The average molecular weight is 274 g/mol. The number of alkyl halides is 2. The maximum absolute atomic E-state index is 13.3. The van der Waals surface area contributed by atoms with Crippen LogP contribution in [0.3, 0.4) is 0 Å². The lowest BCUT2D eigenvalue weighted by atomic mass is 9.75. The molecule has 0 saturated carbocycles. The molecule has 2 aliphatic heterocycles. The first-order valence-corrected chi connectivity index (χ1v) is 7.25. The summed E-state index contributed by atoms with van der Waals surface area (Å²) < 4.78 is 26.6. The SMILES string of the molecule is CC(C)(C)N1CC2(C[C@@H](C(F)F)N(C(C)(C)C)C2)C1. The van der Waals surface area contributed by atoms with E-state index in [9.17, 15) is 8.78 Å². The lowest BCUT2D eigenvalue weighted by Gasteiger charge is -2.54. The molecule has 19 heavy (non-hydrogen) atoms. The molecule has 0 aliphatic carbocycles. The van der Waals surface area contributed by atoms with Crippen LogP contribution >= 0.6 is 0 Å². The van der Waals surface area contributed by atoms with Crippen LogP contribution < -0.4 is 0 Å². The number of nitrogens with zero attached hydrogens (tertiary/aromatic N) is 2. The fourth-order valence-electron chi connectivity index (χ4n) is 3.52. The second-order valence-corrected chi connectivity index (χ2v) is 8.43. The molecule has 1 atom stereocenters. The van der Waals surface area contributed by atoms with Crippen LogP contribution in [0, 0.1) is 5.41 Å². The normalized spacial score (nSPS) is 29.2. The molecule has 4 heteroatoms. The van der Waals surface area contributed by atoms with Crippen molar-refractivity contribution in [2.75, 3.05) is 19.6 Å². The topological polar surface area (TPSA) is 6.48 Å². The van der Waals surface area contributed by atoms with Crippen LogP contribution in [0.4, 0.5) is 8.78 Å². The Bertz CT molecular complexity index is 335. The van der Waals surface area contributed by atoms with Crippen molar-refractivity contribution in [3.63, 3.8) is 0 Å². The molecule has 112 valence electrons. The molecule has 2 heterocycles. The Morgan fingerprint density at radius 1 is 0.947 bits per heavy atom. The Balaban J connectivity index is 2.09. The molecule has 0 aromatic carbocycles.